The van der Waals surface area contributed by atoms with E-state index in [2.05, 4.69) is 0 Å². The van der Waals surface area contributed by atoms with Crippen LogP contribution >= 0.6 is 0 Å². The molecule has 0 saturated carbocycles. The second-order valence-corrected chi connectivity index (χ2v) is 3.70. The van der Waals surface area contributed by atoms with Crippen LogP contribution in [0.2, 0.25) is 0 Å². The third-order valence-electron chi connectivity index (χ3n) is 2.72. The molecule has 1 aliphatic heterocycles. The predicted molar refractivity (Wildman–Crippen MR) is 50.2 cm³/mol. The minimum Gasteiger partial charge on any atom is -0.396 e. The first kappa shape index (κ1) is 10.5. The number of ether oxygens (including phenoxy) is 1. The minimum atomic E-state index is -0.875. The lowest BCUT2D eigenvalue weighted by atomic mass is 9.96. The van der Waals surface area contributed by atoms with Gasteiger partial charge >= 0.3 is 0 Å². The smallest absolute Gasteiger partial charge is 0.159 e. The van der Waals surface area contributed by atoms with Gasteiger partial charge in [0.15, 0.2) is 11.6 Å². The first-order chi connectivity index (χ1) is 7.22. The highest BCUT2D eigenvalue weighted by atomic mass is 19.2. The fraction of sp³-hybridized carbons (Fsp3) is 0.455. The molecule has 0 amide bonds. The molecule has 1 fully saturated rings. The Kier molecular flexibility index (Phi) is 2.98. The van der Waals surface area contributed by atoms with Gasteiger partial charge in [-0.2, -0.15) is 0 Å². The van der Waals surface area contributed by atoms with Crippen molar-refractivity contribution < 1.29 is 18.6 Å². The van der Waals surface area contributed by atoms with E-state index < -0.39 is 11.6 Å². The maximum absolute atomic E-state index is 13.0. The molecular weight excluding hydrogens is 202 g/mol. The third kappa shape index (κ3) is 2.01. The number of aliphatic hydroxyl groups excluding tert-OH is 1. The van der Waals surface area contributed by atoms with Crippen molar-refractivity contribution in [3.8, 4) is 0 Å². The fourth-order valence-corrected chi connectivity index (χ4v) is 1.88. The molecule has 1 aliphatic rings. The number of aliphatic hydroxyl groups is 1. The Hall–Kier alpha value is -1.00. The minimum absolute atomic E-state index is 0.00363. The van der Waals surface area contributed by atoms with Gasteiger partial charge in [-0.1, -0.05) is 6.07 Å². The number of hydrogen-bond acceptors (Lipinski definition) is 2. The Morgan fingerprint density at radius 2 is 2.13 bits per heavy atom. The monoisotopic (exact) mass is 214 g/mol. The molecule has 2 atom stereocenters. The van der Waals surface area contributed by atoms with Gasteiger partial charge in [-0.3, -0.25) is 0 Å². The molecule has 0 bridgehead atoms. The van der Waals surface area contributed by atoms with Gasteiger partial charge in [0.25, 0.3) is 0 Å². The Morgan fingerprint density at radius 3 is 2.80 bits per heavy atom. The lowest BCUT2D eigenvalue weighted by Crippen LogP contribution is -2.11. The van der Waals surface area contributed by atoms with Gasteiger partial charge in [-0.25, -0.2) is 8.78 Å². The summed E-state index contributed by atoms with van der Waals surface area (Å²) in [7, 11) is 0. The third-order valence-corrected chi connectivity index (χ3v) is 2.72. The van der Waals surface area contributed by atoms with Gasteiger partial charge in [0.05, 0.1) is 6.10 Å². The predicted octanol–water partition coefficient (Wildman–Crippen LogP) is 2.03. The van der Waals surface area contributed by atoms with Gasteiger partial charge in [0.1, 0.15) is 0 Å². The van der Waals surface area contributed by atoms with Crippen molar-refractivity contribution in [3.05, 3.63) is 35.4 Å². The largest absolute Gasteiger partial charge is 0.396 e. The van der Waals surface area contributed by atoms with E-state index in [9.17, 15) is 8.78 Å². The summed E-state index contributed by atoms with van der Waals surface area (Å²) in [5.41, 5.74) is 0.588. The van der Waals surface area contributed by atoms with Crippen LogP contribution in [0, 0.1) is 17.6 Å². The van der Waals surface area contributed by atoms with Crippen LogP contribution in [0.1, 0.15) is 18.1 Å². The van der Waals surface area contributed by atoms with Gasteiger partial charge < -0.3 is 9.84 Å². The molecule has 1 heterocycles. The number of rotatable bonds is 2. The maximum Gasteiger partial charge on any atom is 0.159 e. The Bertz CT molecular complexity index is 354. The number of halogens is 2. The van der Waals surface area contributed by atoms with Crippen molar-refractivity contribution in [2.75, 3.05) is 13.2 Å². The fourth-order valence-electron chi connectivity index (χ4n) is 1.88. The van der Waals surface area contributed by atoms with Gasteiger partial charge in [-0.15, -0.1) is 0 Å². The van der Waals surface area contributed by atoms with E-state index in [-0.39, 0.29) is 18.6 Å². The molecule has 2 rings (SSSR count). The van der Waals surface area contributed by atoms with Crippen LogP contribution in [0.15, 0.2) is 18.2 Å². The molecule has 0 spiro atoms. The summed E-state index contributed by atoms with van der Waals surface area (Å²) in [5.74, 6) is -1.76. The second-order valence-electron chi connectivity index (χ2n) is 3.70. The Labute approximate surface area is 86.5 Å². The van der Waals surface area contributed by atoms with E-state index in [0.717, 1.165) is 18.6 Å². The van der Waals surface area contributed by atoms with Crippen molar-refractivity contribution in [2.24, 2.45) is 5.92 Å². The summed E-state index contributed by atoms with van der Waals surface area (Å²) in [6.45, 7) is 0.554. The van der Waals surface area contributed by atoms with E-state index in [1.54, 1.807) is 0 Å². The quantitative estimate of drug-likeness (QED) is 0.816. The van der Waals surface area contributed by atoms with Crippen molar-refractivity contribution >= 4 is 0 Å². The Balaban J connectivity index is 2.25. The molecule has 4 heteroatoms. The Morgan fingerprint density at radius 1 is 1.33 bits per heavy atom. The summed E-state index contributed by atoms with van der Waals surface area (Å²) < 4.78 is 31.1. The molecule has 2 unspecified atom stereocenters. The highest BCUT2D eigenvalue weighted by Gasteiger charge is 2.29. The zero-order chi connectivity index (χ0) is 10.8. The zero-order valence-corrected chi connectivity index (χ0v) is 8.12. The van der Waals surface area contributed by atoms with Crippen LogP contribution < -0.4 is 0 Å². The number of hydrogen-bond donors (Lipinski definition) is 1. The van der Waals surface area contributed by atoms with Crippen LogP contribution in [-0.2, 0) is 4.74 Å². The summed E-state index contributed by atoms with van der Waals surface area (Å²) in [6.07, 6.45) is 0.435. The van der Waals surface area contributed by atoms with Crippen LogP contribution in [0.3, 0.4) is 0 Å². The summed E-state index contributed by atoms with van der Waals surface area (Å²) in [6, 6.07) is 3.71. The molecular formula is C11H12F2O2. The molecule has 1 aromatic carbocycles. The van der Waals surface area contributed by atoms with Crippen molar-refractivity contribution in [2.45, 2.75) is 12.5 Å². The summed E-state index contributed by atoms with van der Waals surface area (Å²) in [5, 5.41) is 9.07. The first-order valence-electron chi connectivity index (χ1n) is 4.90. The molecule has 1 aromatic rings. The molecule has 2 nitrogen and oxygen atoms in total. The molecule has 0 radical (unpaired) electrons. The van der Waals surface area contributed by atoms with Crippen molar-refractivity contribution in [3.63, 3.8) is 0 Å². The van der Waals surface area contributed by atoms with E-state index in [1.165, 1.54) is 6.07 Å². The first-order valence-corrected chi connectivity index (χ1v) is 4.90. The van der Waals surface area contributed by atoms with E-state index in [0.29, 0.717) is 12.2 Å². The maximum atomic E-state index is 13.0. The van der Waals surface area contributed by atoms with Crippen LogP contribution in [0.5, 0.6) is 0 Å². The van der Waals surface area contributed by atoms with Crippen LogP contribution in [0.4, 0.5) is 8.78 Å². The summed E-state index contributed by atoms with van der Waals surface area (Å²) >= 11 is 0. The second kappa shape index (κ2) is 4.24. The highest BCUT2D eigenvalue weighted by molar-refractivity contribution is 5.21. The average molecular weight is 214 g/mol. The van der Waals surface area contributed by atoms with Crippen LogP contribution in [0.25, 0.3) is 0 Å². The van der Waals surface area contributed by atoms with Crippen molar-refractivity contribution in [1.29, 1.82) is 0 Å². The molecule has 0 aliphatic carbocycles. The zero-order valence-electron chi connectivity index (χ0n) is 8.12. The number of benzene rings is 1. The molecule has 1 N–H and O–H groups in total. The SMILES string of the molecule is OCC1CCOC1c1ccc(F)c(F)c1. The van der Waals surface area contributed by atoms with E-state index >= 15 is 0 Å². The van der Waals surface area contributed by atoms with E-state index in [1.807, 2.05) is 0 Å². The summed E-state index contributed by atoms with van der Waals surface area (Å²) in [4.78, 5) is 0. The lowest BCUT2D eigenvalue weighted by Gasteiger charge is -2.16. The van der Waals surface area contributed by atoms with Gasteiger partial charge in [-0.05, 0) is 24.1 Å². The normalized spacial score (nSPS) is 25.8. The highest BCUT2D eigenvalue weighted by Crippen LogP contribution is 2.34. The molecule has 15 heavy (non-hydrogen) atoms. The molecule has 0 aromatic heterocycles. The van der Waals surface area contributed by atoms with Gasteiger partial charge in [0.2, 0.25) is 0 Å². The average Bonchev–Trinajstić information content (AvgIpc) is 2.70. The van der Waals surface area contributed by atoms with Gasteiger partial charge in [0, 0.05) is 19.1 Å². The van der Waals surface area contributed by atoms with Crippen molar-refractivity contribution in [1.82, 2.24) is 0 Å². The molecule has 82 valence electrons. The lowest BCUT2D eigenvalue weighted by molar-refractivity contribution is 0.0717. The van der Waals surface area contributed by atoms with Crippen LogP contribution in [-0.4, -0.2) is 18.3 Å². The standard InChI is InChI=1S/C11H12F2O2/c12-9-2-1-7(5-10(9)13)11-8(6-14)3-4-15-11/h1-2,5,8,11,14H,3-4,6H2. The molecule has 1 saturated heterocycles. The topological polar surface area (TPSA) is 29.5 Å². The van der Waals surface area contributed by atoms with E-state index in [4.69, 9.17) is 9.84 Å².